The number of nitrogens with one attached hydrogen (secondary N) is 1. The van der Waals surface area contributed by atoms with Crippen LogP contribution in [0.15, 0.2) is 11.6 Å². The lowest BCUT2D eigenvalue weighted by Crippen LogP contribution is -2.25. The van der Waals surface area contributed by atoms with E-state index in [2.05, 4.69) is 5.32 Å². The number of nitrogens with zero attached hydrogens (tertiary/aromatic N) is 1. The Balaban J connectivity index is 2.63. The molecule has 2 nitrogen and oxygen atoms in total. The lowest BCUT2D eigenvalue weighted by molar-refractivity contribution is 0.886. The smallest absolute Gasteiger partial charge is 0.251 e. The zero-order valence-electron chi connectivity index (χ0n) is 3.89. The molecule has 1 aliphatic rings. The van der Waals surface area contributed by atoms with E-state index >= 15 is 0 Å². The summed E-state index contributed by atoms with van der Waals surface area (Å²) < 4.78 is -0.931. The molecule has 1 N–H and O–H groups in total. The Labute approximate surface area is 56.5 Å². The molecule has 1 heterocycles. The number of halogens is 1. The minimum Gasteiger partial charge on any atom is -0.352 e. The number of hydrogen-bond donors (Lipinski definition) is 1. The van der Waals surface area contributed by atoms with Gasteiger partial charge in [-0.05, 0) is 5.41 Å². The molecule has 4 heteroatoms. The van der Waals surface area contributed by atoms with Gasteiger partial charge in [0.05, 0.1) is 0 Å². The first-order valence-electron chi connectivity index (χ1n) is 1.97. The van der Waals surface area contributed by atoms with E-state index in [1.54, 1.807) is 11.6 Å². The maximum Gasteiger partial charge on any atom is 0.251 e. The van der Waals surface area contributed by atoms with E-state index in [9.17, 15) is 0 Å². The Hall–Kier alpha value is -0.330. The van der Waals surface area contributed by atoms with Crippen molar-refractivity contribution in [2.45, 2.75) is 4.33 Å². The van der Waals surface area contributed by atoms with Gasteiger partial charge in [0.1, 0.15) is 6.07 Å². The van der Waals surface area contributed by atoms with E-state index in [0.29, 0.717) is 0 Å². The third-order valence-corrected chi connectivity index (χ3v) is 1.98. The number of rotatable bonds is 0. The average molecular weight is 147 g/mol. The van der Waals surface area contributed by atoms with Crippen LogP contribution >= 0.6 is 23.4 Å². The summed E-state index contributed by atoms with van der Waals surface area (Å²) in [5.41, 5.74) is 0. The highest BCUT2D eigenvalue weighted by Gasteiger charge is 2.27. The molecule has 8 heavy (non-hydrogen) atoms. The van der Waals surface area contributed by atoms with Crippen molar-refractivity contribution in [2.24, 2.45) is 0 Å². The molecule has 42 valence electrons. The molecule has 0 aliphatic carbocycles. The van der Waals surface area contributed by atoms with Crippen LogP contribution < -0.4 is 5.32 Å². The molecule has 0 fully saturated rings. The van der Waals surface area contributed by atoms with E-state index in [4.69, 9.17) is 16.9 Å². The molecule has 0 spiro atoms. The van der Waals surface area contributed by atoms with Crippen molar-refractivity contribution in [1.29, 1.82) is 5.26 Å². The van der Waals surface area contributed by atoms with Gasteiger partial charge in [0, 0.05) is 6.20 Å². The van der Waals surface area contributed by atoms with Gasteiger partial charge in [-0.2, -0.15) is 5.26 Å². The minimum atomic E-state index is -0.931. The zero-order chi connectivity index (χ0) is 6.04. The number of thioether (sulfide) groups is 1. The van der Waals surface area contributed by atoms with Gasteiger partial charge in [-0.1, -0.05) is 23.4 Å². The number of alkyl halides is 1. The monoisotopic (exact) mass is 146 g/mol. The molecule has 1 rings (SSSR count). The summed E-state index contributed by atoms with van der Waals surface area (Å²) in [4.78, 5) is 0. The Kier molecular flexibility index (Phi) is 1.37. The molecule has 1 unspecified atom stereocenters. The SMILES string of the molecule is N#CC1(Cl)NC=CS1. The molecular formula is C4H3ClN2S. The molecule has 0 bridgehead atoms. The lowest BCUT2D eigenvalue weighted by atomic mass is 10.7. The highest BCUT2D eigenvalue weighted by atomic mass is 35.5. The van der Waals surface area contributed by atoms with Gasteiger partial charge < -0.3 is 5.32 Å². The van der Waals surface area contributed by atoms with Gasteiger partial charge in [0.2, 0.25) is 0 Å². The summed E-state index contributed by atoms with van der Waals surface area (Å²) in [5, 5.41) is 12.7. The van der Waals surface area contributed by atoms with E-state index < -0.39 is 4.33 Å². The Morgan fingerprint density at radius 1 is 1.88 bits per heavy atom. The van der Waals surface area contributed by atoms with Crippen molar-refractivity contribution >= 4 is 23.4 Å². The second kappa shape index (κ2) is 1.88. The summed E-state index contributed by atoms with van der Waals surface area (Å²) in [7, 11) is 0. The molecule has 0 saturated heterocycles. The third-order valence-electron chi connectivity index (χ3n) is 0.711. The normalized spacial score (nSPS) is 34.0. The van der Waals surface area contributed by atoms with Crippen LogP contribution in [-0.2, 0) is 0 Å². The number of hydrogen-bond acceptors (Lipinski definition) is 3. The van der Waals surface area contributed by atoms with Crippen molar-refractivity contribution in [3.8, 4) is 6.07 Å². The second-order valence-electron chi connectivity index (χ2n) is 1.27. The van der Waals surface area contributed by atoms with Gasteiger partial charge in [-0.3, -0.25) is 0 Å². The molecular weight excluding hydrogens is 144 g/mol. The summed E-state index contributed by atoms with van der Waals surface area (Å²) in [5.74, 6) is 0. The van der Waals surface area contributed by atoms with Crippen molar-refractivity contribution in [1.82, 2.24) is 5.32 Å². The van der Waals surface area contributed by atoms with E-state index in [1.165, 1.54) is 11.8 Å². The number of nitriles is 1. The van der Waals surface area contributed by atoms with E-state index in [-0.39, 0.29) is 0 Å². The second-order valence-corrected chi connectivity index (χ2v) is 3.18. The topological polar surface area (TPSA) is 35.8 Å². The van der Waals surface area contributed by atoms with Crippen LogP contribution in [0.4, 0.5) is 0 Å². The highest BCUT2D eigenvalue weighted by Crippen LogP contribution is 2.31. The van der Waals surface area contributed by atoms with Crippen molar-refractivity contribution in [3.63, 3.8) is 0 Å². The van der Waals surface area contributed by atoms with Crippen LogP contribution in [0.3, 0.4) is 0 Å². The largest absolute Gasteiger partial charge is 0.352 e. The molecule has 0 saturated carbocycles. The first-order chi connectivity index (χ1) is 3.77. The Bertz CT molecular complexity index is 152. The van der Waals surface area contributed by atoms with E-state index in [1.807, 2.05) is 6.07 Å². The van der Waals surface area contributed by atoms with Crippen LogP contribution in [0, 0.1) is 11.3 Å². The summed E-state index contributed by atoms with van der Waals surface area (Å²) >= 11 is 6.84. The summed E-state index contributed by atoms with van der Waals surface area (Å²) in [6.07, 6.45) is 1.65. The molecule has 0 amide bonds. The zero-order valence-corrected chi connectivity index (χ0v) is 5.46. The van der Waals surface area contributed by atoms with Gasteiger partial charge >= 0.3 is 0 Å². The van der Waals surface area contributed by atoms with Crippen molar-refractivity contribution in [3.05, 3.63) is 11.6 Å². The fourth-order valence-corrected chi connectivity index (χ4v) is 1.09. The maximum absolute atomic E-state index is 8.32. The molecule has 0 aromatic heterocycles. The quantitative estimate of drug-likeness (QED) is 0.412. The molecule has 0 aromatic carbocycles. The van der Waals surface area contributed by atoms with Crippen LogP contribution in [0.1, 0.15) is 0 Å². The first-order valence-corrected chi connectivity index (χ1v) is 3.23. The van der Waals surface area contributed by atoms with Crippen molar-refractivity contribution in [2.75, 3.05) is 0 Å². The minimum absolute atomic E-state index is 0.931. The first kappa shape index (κ1) is 5.80. The van der Waals surface area contributed by atoms with Gasteiger partial charge in [0.25, 0.3) is 4.33 Å². The Morgan fingerprint density at radius 3 is 2.88 bits per heavy atom. The molecule has 1 atom stereocenters. The van der Waals surface area contributed by atoms with E-state index in [0.717, 1.165) is 0 Å². The average Bonchev–Trinajstić information content (AvgIpc) is 2.17. The van der Waals surface area contributed by atoms with Gasteiger partial charge in [0.15, 0.2) is 0 Å². The predicted molar refractivity (Wildman–Crippen MR) is 34.1 cm³/mol. The van der Waals surface area contributed by atoms with Crippen LogP contribution in [0.2, 0.25) is 0 Å². The molecule has 0 radical (unpaired) electrons. The summed E-state index contributed by atoms with van der Waals surface area (Å²) in [6, 6.07) is 1.90. The van der Waals surface area contributed by atoms with Crippen LogP contribution in [0.25, 0.3) is 0 Å². The highest BCUT2D eigenvalue weighted by molar-refractivity contribution is 8.05. The summed E-state index contributed by atoms with van der Waals surface area (Å²) in [6.45, 7) is 0. The van der Waals surface area contributed by atoms with Crippen LogP contribution in [0.5, 0.6) is 0 Å². The Morgan fingerprint density at radius 2 is 2.62 bits per heavy atom. The maximum atomic E-state index is 8.32. The van der Waals surface area contributed by atoms with Crippen LogP contribution in [-0.4, -0.2) is 4.33 Å². The fraction of sp³-hybridized carbons (Fsp3) is 0.250. The van der Waals surface area contributed by atoms with Gasteiger partial charge in [-0.25, -0.2) is 0 Å². The standard InChI is InChI=1S/C4H3ClN2S/c5-4(3-6)7-1-2-8-4/h1-2,7H. The predicted octanol–water partition coefficient (Wildman–Crippen LogP) is 1.21. The lowest BCUT2D eigenvalue weighted by Gasteiger charge is -2.08. The van der Waals surface area contributed by atoms with Crippen molar-refractivity contribution < 1.29 is 0 Å². The van der Waals surface area contributed by atoms with Gasteiger partial charge in [-0.15, -0.1) is 0 Å². The fourth-order valence-electron chi connectivity index (χ4n) is 0.362. The molecule has 1 aliphatic heterocycles. The molecule has 0 aromatic rings. The third kappa shape index (κ3) is 0.908.